The number of aliphatic carboxylic acids is 1. The molecular formula is C57H93N21O16S2. The lowest BCUT2D eigenvalue weighted by Crippen LogP contribution is -2.61. The number of guanidine groups is 2. The quantitative estimate of drug-likeness (QED) is 0.0135. The van der Waals surface area contributed by atoms with Crippen molar-refractivity contribution in [1.82, 2.24) is 58.1 Å². The lowest BCUT2D eigenvalue weighted by atomic mass is 9.96. The zero-order valence-corrected chi connectivity index (χ0v) is 55.2. The minimum Gasteiger partial charge on any atom is -0.508 e. The van der Waals surface area contributed by atoms with Crippen molar-refractivity contribution in [2.45, 2.75) is 164 Å². The van der Waals surface area contributed by atoms with Gasteiger partial charge in [-0.2, -0.15) is 0 Å². The van der Waals surface area contributed by atoms with Crippen molar-refractivity contribution < 1.29 is 77.3 Å². The first-order valence-electron chi connectivity index (χ1n) is 31.1. The Balaban J connectivity index is 1.91. The van der Waals surface area contributed by atoms with Gasteiger partial charge in [0.15, 0.2) is 11.9 Å². The van der Waals surface area contributed by atoms with E-state index in [1.807, 2.05) is 0 Å². The van der Waals surface area contributed by atoms with Crippen molar-refractivity contribution in [2.24, 2.45) is 61.8 Å². The monoisotopic (exact) mass is 1390 g/mol. The first kappa shape index (κ1) is 81.0. The van der Waals surface area contributed by atoms with Crippen LogP contribution in [0.25, 0.3) is 0 Å². The molecule has 0 saturated carbocycles. The molecule has 2 heterocycles. The predicted molar refractivity (Wildman–Crippen MR) is 353 cm³/mol. The molecule has 2 aliphatic rings. The van der Waals surface area contributed by atoms with E-state index in [0.29, 0.717) is 24.8 Å². The molecule has 2 saturated heterocycles. The van der Waals surface area contributed by atoms with Crippen molar-refractivity contribution in [3.63, 3.8) is 0 Å². The zero-order valence-electron chi connectivity index (χ0n) is 53.6. The Labute approximate surface area is 561 Å². The van der Waals surface area contributed by atoms with Crippen molar-refractivity contribution >= 4 is 116 Å². The number of phenolic OH excluding ortho intramolecular Hbond substituents is 1. The standard InChI is InChI=1S/C57H93N21O16S2/c1-3-29(2)45-53(91)72-35(17-18-41(60)80)49(87)75-38(24-42(61)81)50(88)76-39(28-96-95-27-32(59)46(84)74-37(51(89)77-45)23-30-13-15-31(79)16-14-30)54(92)78-22-8-12-40(78)52(90)71-33(10-6-20-66-56(62)63)47(85)69-25-43(82)68-26-44(83)70-34(9-4-5-19-58)48(86)73-36(55(93)94)11-7-21-67-57(64)65/h13-16,29,32-40,45,79H,3-12,17-28,58-59H2,1-2H3,(H2,60,80)(H2,61,81)(H,68,82)(H,69,85)(H,70,83)(H,71,90)(H,72,91)(H,73,86)(H,74,84)(H,75,87)(H,76,88)(H,77,89)(H,93,94)(H4,62,63,66)(H4,64,65,67). The SMILES string of the molecule is CCC(C)C1NC(=O)C(Cc2ccc(O)cc2)NC(=O)C(N)CSSCC(C(=O)N2CCCC2C(=O)NC(CCCN=C(N)N)C(=O)NCC(=O)NCC(=O)NC(CCCCN)C(=O)NC(CCCN=C(N)N)C(=O)O)NC(=O)C(CC(N)=O)NC(=O)C(CCC(N)=O)NC1=O. The van der Waals surface area contributed by atoms with Gasteiger partial charge < -0.3 is 114 Å². The average Bonchev–Trinajstić information content (AvgIpc) is 1.67. The number of carbonyl (C=O) groups excluding carboxylic acids is 13. The van der Waals surface area contributed by atoms with Crippen LogP contribution in [0.3, 0.4) is 0 Å². The Morgan fingerprint density at radius 2 is 1.23 bits per heavy atom. The number of nitrogens with one attached hydrogen (secondary N) is 10. The molecule has 3 rings (SSSR count). The Morgan fingerprint density at radius 3 is 1.83 bits per heavy atom. The first-order chi connectivity index (χ1) is 45.4. The number of hydrogen-bond acceptors (Lipinski definition) is 21. The number of hydrogen-bond donors (Lipinski definition) is 20. The lowest BCUT2D eigenvalue weighted by molar-refractivity contribution is -0.142. The minimum atomic E-state index is -1.84. The van der Waals surface area contributed by atoms with Crippen LogP contribution in [0.1, 0.15) is 103 Å². The zero-order chi connectivity index (χ0) is 71.6. The van der Waals surface area contributed by atoms with E-state index in [2.05, 4.69) is 63.2 Å². The van der Waals surface area contributed by atoms with Crippen molar-refractivity contribution in [2.75, 3.05) is 50.8 Å². The highest BCUT2D eigenvalue weighted by atomic mass is 33.1. The molecule has 2 aliphatic heterocycles. The Bertz CT molecular complexity index is 2940. The molecule has 11 atom stereocenters. The smallest absolute Gasteiger partial charge is 0.326 e. The number of carboxylic acids is 1. The van der Waals surface area contributed by atoms with E-state index in [-0.39, 0.29) is 107 Å². The van der Waals surface area contributed by atoms with Gasteiger partial charge in [-0.15, -0.1) is 0 Å². The van der Waals surface area contributed by atoms with Crippen molar-refractivity contribution in [1.29, 1.82) is 0 Å². The summed E-state index contributed by atoms with van der Waals surface area (Å²) < 4.78 is 0. The fourth-order valence-electron chi connectivity index (χ4n) is 9.69. The van der Waals surface area contributed by atoms with E-state index in [1.165, 1.54) is 24.3 Å². The number of primary amides is 2. The highest BCUT2D eigenvalue weighted by molar-refractivity contribution is 8.76. The Kier molecular flexibility index (Phi) is 35.6. The van der Waals surface area contributed by atoms with Crippen LogP contribution in [-0.4, -0.2) is 221 Å². The van der Waals surface area contributed by atoms with Crippen molar-refractivity contribution in [3.05, 3.63) is 29.8 Å². The molecule has 0 aromatic heterocycles. The number of likely N-dealkylation sites (tertiary alicyclic amines) is 1. The highest BCUT2D eigenvalue weighted by Gasteiger charge is 2.41. The Morgan fingerprint density at radius 1 is 0.656 bits per heavy atom. The summed E-state index contributed by atoms with van der Waals surface area (Å²) in [7, 11) is 1.92. The predicted octanol–water partition coefficient (Wildman–Crippen LogP) is -7.73. The second-order valence-corrected chi connectivity index (χ2v) is 25.3. The number of rotatable bonds is 33. The van der Waals surface area contributed by atoms with Gasteiger partial charge in [-0.3, -0.25) is 72.3 Å². The second-order valence-electron chi connectivity index (χ2n) is 22.8. The maximum Gasteiger partial charge on any atom is 0.326 e. The van der Waals surface area contributed by atoms with Gasteiger partial charge in [0.2, 0.25) is 76.8 Å². The van der Waals surface area contributed by atoms with Gasteiger partial charge in [0.05, 0.1) is 25.6 Å². The third-order valence-electron chi connectivity index (χ3n) is 15.1. The van der Waals surface area contributed by atoms with Crippen LogP contribution in [0.4, 0.5) is 0 Å². The summed E-state index contributed by atoms with van der Waals surface area (Å²) in [5.74, 6) is -15.1. The van der Waals surface area contributed by atoms with Crippen LogP contribution >= 0.6 is 21.6 Å². The van der Waals surface area contributed by atoms with E-state index >= 15 is 0 Å². The van der Waals surface area contributed by atoms with Crippen LogP contribution in [0, 0.1) is 5.92 Å². The number of nitrogens with zero attached hydrogens (tertiary/aromatic N) is 3. The molecule has 13 amide bonds. The van der Waals surface area contributed by atoms with Gasteiger partial charge in [-0.25, -0.2) is 4.79 Å². The van der Waals surface area contributed by atoms with Crippen LogP contribution in [0.15, 0.2) is 34.3 Å². The molecule has 0 spiro atoms. The van der Waals surface area contributed by atoms with Gasteiger partial charge in [0.25, 0.3) is 0 Å². The molecule has 28 N–H and O–H groups in total. The van der Waals surface area contributed by atoms with Crippen LogP contribution < -0.4 is 99.0 Å². The number of phenols is 1. The number of benzene rings is 1. The van der Waals surface area contributed by atoms with Gasteiger partial charge in [0.1, 0.15) is 60.1 Å². The molecule has 1 aromatic rings. The largest absolute Gasteiger partial charge is 0.508 e. The molecule has 0 radical (unpaired) electrons. The van der Waals surface area contributed by atoms with E-state index in [1.54, 1.807) is 13.8 Å². The minimum absolute atomic E-state index is 0.0167. The molecule has 0 aliphatic carbocycles. The summed E-state index contributed by atoms with van der Waals surface area (Å²) in [6, 6.07) is -8.75. The van der Waals surface area contributed by atoms with Crippen LogP contribution in [0.2, 0.25) is 0 Å². The van der Waals surface area contributed by atoms with Crippen molar-refractivity contribution in [3.8, 4) is 5.75 Å². The molecule has 1 aromatic carbocycles. The molecule has 0 bridgehead atoms. The molecule has 11 unspecified atom stereocenters. The van der Waals surface area contributed by atoms with Gasteiger partial charge in [0, 0.05) is 44.0 Å². The number of aliphatic imine (C=N–C) groups is 2. The second kappa shape index (κ2) is 42.2. The number of aromatic hydroxyl groups is 1. The third kappa shape index (κ3) is 29.6. The molecule has 2 fully saturated rings. The molecule has 96 heavy (non-hydrogen) atoms. The summed E-state index contributed by atoms with van der Waals surface area (Å²) >= 11 is 0. The fourth-order valence-corrected chi connectivity index (χ4v) is 12.0. The number of amides is 13. The molecule has 39 heteroatoms. The summed E-state index contributed by atoms with van der Waals surface area (Å²) in [5, 5.41) is 44.6. The normalized spacial score (nSPS) is 21.0. The number of carbonyl (C=O) groups is 14. The van der Waals surface area contributed by atoms with Crippen LogP contribution in [0.5, 0.6) is 5.75 Å². The maximum atomic E-state index is 14.9. The summed E-state index contributed by atoms with van der Waals surface area (Å²) in [4.78, 5) is 199. The van der Waals surface area contributed by atoms with Crippen LogP contribution in [-0.2, 0) is 73.5 Å². The molecular weight excluding hydrogens is 1300 g/mol. The van der Waals surface area contributed by atoms with E-state index in [9.17, 15) is 77.3 Å². The molecule has 534 valence electrons. The topological polar surface area (TPSA) is 636 Å². The summed E-state index contributed by atoms with van der Waals surface area (Å²) in [6.07, 6.45) is -0.447. The highest BCUT2D eigenvalue weighted by Crippen LogP contribution is 2.26. The van der Waals surface area contributed by atoms with Gasteiger partial charge in [-0.05, 0) is 94.4 Å². The Hall–Kier alpha value is -9.24. The average molecular weight is 1390 g/mol. The molecule has 37 nitrogen and oxygen atoms in total. The number of unbranched alkanes of at least 4 members (excludes halogenated alkanes) is 1. The van der Waals surface area contributed by atoms with E-state index in [4.69, 9.17) is 45.9 Å². The summed E-state index contributed by atoms with van der Waals surface area (Å²) in [6.45, 7) is 2.15. The summed E-state index contributed by atoms with van der Waals surface area (Å²) in [5.41, 5.74) is 45.1. The maximum absolute atomic E-state index is 14.9. The van der Waals surface area contributed by atoms with Gasteiger partial charge in [-0.1, -0.05) is 54.0 Å². The number of carboxylic acid groups (broad SMARTS) is 1. The third-order valence-corrected chi connectivity index (χ3v) is 17.6. The van der Waals surface area contributed by atoms with E-state index in [0.717, 1.165) is 26.5 Å². The first-order valence-corrected chi connectivity index (χ1v) is 33.6. The number of nitrogens with two attached hydrogens (primary N) is 8. The fraction of sp³-hybridized carbons (Fsp3) is 0.614. The van der Waals surface area contributed by atoms with Gasteiger partial charge >= 0.3 is 5.97 Å². The lowest BCUT2D eigenvalue weighted by Gasteiger charge is -2.31. The van der Waals surface area contributed by atoms with E-state index < -0.39 is 181 Å².